The Balaban J connectivity index is 2.55. The maximum absolute atomic E-state index is 5.54. The summed E-state index contributed by atoms with van der Waals surface area (Å²) in [7, 11) is 0. The van der Waals surface area contributed by atoms with Crippen molar-refractivity contribution in [1.29, 1.82) is 0 Å². The fourth-order valence-corrected chi connectivity index (χ4v) is 1.53. The van der Waals surface area contributed by atoms with E-state index in [1.54, 1.807) is 4.80 Å². The number of hydrogen-bond acceptors (Lipinski definition) is 3. The van der Waals surface area contributed by atoms with Gasteiger partial charge in [-0.05, 0) is 31.5 Å². The van der Waals surface area contributed by atoms with E-state index in [1.165, 1.54) is 5.56 Å². The van der Waals surface area contributed by atoms with Gasteiger partial charge in [-0.15, -0.1) is 0 Å². The third-order valence-corrected chi connectivity index (χ3v) is 2.23. The summed E-state index contributed by atoms with van der Waals surface area (Å²) < 4.78 is 0. The highest BCUT2D eigenvalue weighted by Gasteiger charge is 2.05. The van der Waals surface area contributed by atoms with Gasteiger partial charge in [0.1, 0.15) is 11.0 Å². The molecule has 0 unspecified atom stereocenters. The molecule has 1 aromatic heterocycles. The number of hydrogen-bond donors (Lipinski definition) is 1. The standard InChI is InChI=1S/C10H14N4/c1-2-14-12-9-5-3-4-8(6-7-11)10(9)13-14/h3-5H,2,6-7,11H2,1H3. The monoisotopic (exact) mass is 190 g/mol. The quantitative estimate of drug-likeness (QED) is 0.784. The molecule has 0 spiro atoms. The lowest BCUT2D eigenvalue weighted by Crippen LogP contribution is -2.03. The molecule has 4 heteroatoms. The molecule has 1 aromatic carbocycles. The van der Waals surface area contributed by atoms with Crippen LogP contribution in [-0.4, -0.2) is 21.5 Å². The highest BCUT2D eigenvalue weighted by atomic mass is 15.5. The fourth-order valence-electron chi connectivity index (χ4n) is 1.53. The van der Waals surface area contributed by atoms with Gasteiger partial charge in [0.25, 0.3) is 0 Å². The largest absolute Gasteiger partial charge is 0.330 e. The van der Waals surface area contributed by atoms with Crippen molar-refractivity contribution in [1.82, 2.24) is 15.0 Å². The molecule has 0 aliphatic rings. The van der Waals surface area contributed by atoms with Crippen LogP contribution in [0.3, 0.4) is 0 Å². The average Bonchev–Trinajstić information content (AvgIpc) is 2.62. The van der Waals surface area contributed by atoms with Crippen molar-refractivity contribution in [2.75, 3.05) is 6.54 Å². The van der Waals surface area contributed by atoms with Crippen molar-refractivity contribution in [3.05, 3.63) is 23.8 Å². The zero-order valence-electron chi connectivity index (χ0n) is 8.27. The summed E-state index contributed by atoms with van der Waals surface area (Å²) >= 11 is 0. The molecule has 1 heterocycles. The number of aryl methyl sites for hydroxylation is 1. The molecule has 0 aliphatic heterocycles. The minimum atomic E-state index is 0.651. The van der Waals surface area contributed by atoms with Crippen LogP contribution in [0.2, 0.25) is 0 Å². The third kappa shape index (κ3) is 1.48. The summed E-state index contributed by atoms with van der Waals surface area (Å²) in [6.45, 7) is 3.48. The van der Waals surface area contributed by atoms with Crippen molar-refractivity contribution < 1.29 is 0 Å². The van der Waals surface area contributed by atoms with Gasteiger partial charge < -0.3 is 5.73 Å². The lowest BCUT2D eigenvalue weighted by atomic mass is 10.1. The van der Waals surface area contributed by atoms with Crippen LogP contribution in [0, 0.1) is 0 Å². The molecule has 4 nitrogen and oxygen atoms in total. The topological polar surface area (TPSA) is 56.7 Å². The van der Waals surface area contributed by atoms with E-state index in [1.807, 2.05) is 19.1 Å². The molecule has 0 radical (unpaired) electrons. The summed E-state index contributed by atoms with van der Waals surface area (Å²) in [4.78, 5) is 1.71. The Bertz CT molecular complexity index is 433. The first-order chi connectivity index (χ1) is 6.85. The molecular formula is C10H14N4. The van der Waals surface area contributed by atoms with Gasteiger partial charge in [-0.25, -0.2) is 0 Å². The Morgan fingerprint density at radius 2 is 2.21 bits per heavy atom. The fraction of sp³-hybridized carbons (Fsp3) is 0.400. The Hall–Kier alpha value is -1.42. The van der Waals surface area contributed by atoms with Crippen LogP contribution < -0.4 is 5.73 Å². The first-order valence-electron chi connectivity index (χ1n) is 4.88. The second-order valence-corrected chi connectivity index (χ2v) is 3.21. The Morgan fingerprint density at radius 1 is 1.36 bits per heavy atom. The molecule has 0 saturated carbocycles. The minimum absolute atomic E-state index is 0.651. The van der Waals surface area contributed by atoms with Crippen LogP contribution in [0.4, 0.5) is 0 Å². The number of nitrogens with two attached hydrogens (primary N) is 1. The molecule has 14 heavy (non-hydrogen) atoms. The second kappa shape index (κ2) is 3.75. The molecule has 0 bridgehead atoms. The van der Waals surface area contributed by atoms with Gasteiger partial charge in [-0.2, -0.15) is 15.0 Å². The predicted molar refractivity (Wildman–Crippen MR) is 56.0 cm³/mol. The molecule has 74 valence electrons. The number of rotatable bonds is 3. The lowest BCUT2D eigenvalue weighted by Gasteiger charge is -1.97. The van der Waals surface area contributed by atoms with Crippen molar-refractivity contribution >= 4 is 11.0 Å². The Labute approximate surface area is 82.7 Å². The van der Waals surface area contributed by atoms with Crippen LogP contribution >= 0.6 is 0 Å². The van der Waals surface area contributed by atoms with Crippen LogP contribution in [0.5, 0.6) is 0 Å². The zero-order chi connectivity index (χ0) is 9.97. The van der Waals surface area contributed by atoms with Gasteiger partial charge in [-0.3, -0.25) is 0 Å². The van der Waals surface area contributed by atoms with Crippen LogP contribution in [-0.2, 0) is 13.0 Å². The number of benzene rings is 1. The van der Waals surface area contributed by atoms with Crippen molar-refractivity contribution in [3.63, 3.8) is 0 Å². The number of aromatic nitrogens is 3. The molecule has 0 aliphatic carbocycles. The average molecular weight is 190 g/mol. The maximum Gasteiger partial charge on any atom is 0.116 e. The van der Waals surface area contributed by atoms with E-state index >= 15 is 0 Å². The number of fused-ring (bicyclic) bond motifs is 1. The molecule has 0 saturated heterocycles. The smallest absolute Gasteiger partial charge is 0.116 e. The number of nitrogens with zero attached hydrogens (tertiary/aromatic N) is 3. The lowest BCUT2D eigenvalue weighted by molar-refractivity contribution is 0.578. The molecule has 2 N–H and O–H groups in total. The van der Waals surface area contributed by atoms with Crippen LogP contribution in [0.15, 0.2) is 18.2 Å². The second-order valence-electron chi connectivity index (χ2n) is 3.21. The zero-order valence-corrected chi connectivity index (χ0v) is 8.27. The Kier molecular flexibility index (Phi) is 2.45. The first kappa shape index (κ1) is 9.15. The summed E-state index contributed by atoms with van der Waals surface area (Å²) in [5.41, 5.74) is 8.66. The maximum atomic E-state index is 5.54. The summed E-state index contributed by atoms with van der Waals surface area (Å²) in [6.07, 6.45) is 0.861. The third-order valence-electron chi connectivity index (χ3n) is 2.23. The molecule has 0 amide bonds. The highest BCUT2D eigenvalue weighted by Crippen LogP contribution is 2.14. The van der Waals surface area contributed by atoms with E-state index < -0.39 is 0 Å². The predicted octanol–water partition coefficient (Wildman–Crippen LogP) is 0.952. The summed E-state index contributed by atoms with van der Waals surface area (Å²) in [6, 6.07) is 6.04. The summed E-state index contributed by atoms with van der Waals surface area (Å²) in [5.74, 6) is 0. The first-order valence-corrected chi connectivity index (χ1v) is 4.88. The van der Waals surface area contributed by atoms with E-state index in [4.69, 9.17) is 5.73 Å². The molecule has 0 atom stereocenters. The van der Waals surface area contributed by atoms with E-state index in [0.29, 0.717) is 6.54 Å². The minimum Gasteiger partial charge on any atom is -0.330 e. The van der Waals surface area contributed by atoms with Gasteiger partial charge in [0.15, 0.2) is 0 Å². The van der Waals surface area contributed by atoms with E-state index in [-0.39, 0.29) is 0 Å². The van der Waals surface area contributed by atoms with E-state index in [0.717, 1.165) is 24.0 Å². The van der Waals surface area contributed by atoms with Crippen molar-refractivity contribution in [2.24, 2.45) is 5.73 Å². The SMILES string of the molecule is CCn1nc2cccc(CCN)c2n1. The molecule has 0 fully saturated rings. The van der Waals surface area contributed by atoms with Gasteiger partial charge in [0.2, 0.25) is 0 Å². The van der Waals surface area contributed by atoms with Crippen LogP contribution in [0.1, 0.15) is 12.5 Å². The van der Waals surface area contributed by atoms with Crippen molar-refractivity contribution in [3.8, 4) is 0 Å². The Morgan fingerprint density at radius 3 is 2.93 bits per heavy atom. The summed E-state index contributed by atoms with van der Waals surface area (Å²) in [5, 5.41) is 8.74. The highest BCUT2D eigenvalue weighted by molar-refractivity contribution is 5.77. The van der Waals surface area contributed by atoms with Crippen LogP contribution in [0.25, 0.3) is 11.0 Å². The molecule has 2 aromatic rings. The van der Waals surface area contributed by atoms with E-state index in [2.05, 4.69) is 16.3 Å². The van der Waals surface area contributed by atoms with Gasteiger partial charge in [0.05, 0.1) is 6.54 Å². The van der Waals surface area contributed by atoms with Crippen molar-refractivity contribution in [2.45, 2.75) is 19.9 Å². The van der Waals surface area contributed by atoms with Gasteiger partial charge in [0, 0.05) is 0 Å². The van der Waals surface area contributed by atoms with Gasteiger partial charge in [-0.1, -0.05) is 12.1 Å². The molecular weight excluding hydrogens is 176 g/mol. The van der Waals surface area contributed by atoms with E-state index in [9.17, 15) is 0 Å². The van der Waals surface area contributed by atoms with Gasteiger partial charge >= 0.3 is 0 Å². The normalized spacial score (nSPS) is 11.0. The molecule has 2 rings (SSSR count).